The molecule has 0 aromatic heterocycles. The molecule has 0 N–H and O–H groups in total. The zero-order valence-corrected chi connectivity index (χ0v) is 18.8. The van der Waals surface area contributed by atoms with Crippen LogP contribution >= 0.6 is 11.6 Å². The van der Waals surface area contributed by atoms with Gasteiger partial charge in [-0.05, 0) is 24.5 Å². The summed E-state index contributed by atoms with van der Waals surface area (Å²) in [6, 6.07) is 5.58. The number of anilines is 1. The van der Waals surface area contributed by atoms with Crippen molar-refractivity contribution >= 4 is 23.4 Å². The zero-order valence-electron chi connectivity index (χ0n) is 18.0. The molecular formula is C21H24ClF6N3O3. The molecule has 2 atom stereocenters. The predicted octanol–water partition coefficient (Wildman–Crippen LogP) is 4.46. The molecule has 0 spiro atoms. The maximum absolute atomic E-state index is 12.7. The van der Waals surface area contributed by atoms with E-state index < -0.39 is 24.5 Å². The van der Waals surface area contributed by atoms with Crippen LogP contribution in [-0.2, 0) is 16.0 Å². The molecule has 3 saturated heterocycles. The van der Waals surface area contributed by atoms with E-state index in [0.29, 0.717) is 11.6 Å². The highest BCUT2D eigenvalue weighted by atomic mass is 35.5. The van der Waals surface area contributed by atoms with Crippen molar-refractivity contribution in [3.8, 4) is 0 Å². The van der Waals surface area contributed by atoms with Gasteiger partial charge in [0.05, 0.1) is 22.9 Å². The second-order valence-electron chi connectivity index (χ2n) is 8.72. The van der Waals surface area contributed by atoms with Gasteiger partial charge < -0.3 is 19.3 Å². The fourth-order valence-electron chi connectivity index (χ4n) is 4.66. The Balaban J connectivity index is 1.37. The van der Waals surface area contributed by atoms with Gasteiger partial charge in [0.1, 0.15) is 0 Å². The number of benzene rings is 1. The molecule has 1 amide bonds. The quantitative estimate of drug-likeness (QED) is 0.554. The molecule has 2 unspecified atom stereocenters. The van der Waals surface area contributed by atoms with E-state index in [1.165, 1.54) is 0 Å². The number of fused-ring (bicyclic) bond motifs is 2. The number of alkyl halides is 6. The Labute approximate surface area is 197 Å². The molecule has 190 valence electrons. The van der Waals surface area contributed by atoms with Gasteiger partial charge >= 0.3 is 18.4 Å². The van der Waals surface area contributed by atoms with Crippen LogP contribution in [0.4, 0.5) is 36.8 Å². The Morgan fingerprint density at radius 1 is 1.03 bits per heavy atom. The summed E-state index contributed by atoms with van der Waals surface area (Å²) in [5.74, 6) is 0. The summed E-state index contributed by atoms with van der Waals surface area (Å²) in [5, 5.41) is 0.603. The summed E-state index contributed by atoms with van der Waals surface area (Å²) >= 11 is 6.53. The first-order chi connectivity index (χ1) is 15.9. The first-order valence-corrected chi connectivity index (χ1v) is 11.3. The lowest BCUT2D eigenvalue weighted by molar-refractivity contribution is -0.308. The first kappa shape index (κ1) is 25.2. The maximum atomic E-state index is 12.7. The number of carbonyl (C=O) groups excluding carboxylic acids is 1. The molecule has 3 heterocycles. The summed E-state index contributed by atoms with van der Waals surface area (Å²) in [7, 11) is 0. The molecule has 2 bridgehead atoms. The minimum atomic E-state index is -5.74. The monoisotopic (exact) mass is 515 g/mol. The van der Waals surface area contributed by atoms with E-state index in [-0.39, 0.29) is 38.4 Å². The van der Waals surface area contributed by atoms with Crippen molar-refractivity contribution in [1.29, 1.82) is 0 Å². The fourth-order valence-corrected chi connectivity index (χ4v) is 4.98. The summed E-state index contributed by atoms with van der Waals surface area (Å²) < 4.78 is 85.8. The third kappa shape index (κ3) is 5.65. The van der Waals surface area contributed by atoms with Crippen LogP contribution in [0.15, 0.2) is 18.2 Å². The Morgan fingerprint density at radius 3 is 2.18 bits per heavy atom. The lowest BCUT2D eigenvalue weighted by Gasteiger charge is -2.38. The van der Waals surface area contributed by atoms with E-state index in [1.54, 1.807) is 0 Å². The predicted molar refractivity (Wildman–Crippen MR) is 111 cm³/mol. The lowest BCUT2D eigenvalue weighted by atomic mass is 10.1. The Bertz CT molecular complexity index is 865. The highest BCUT2D eigenvalue weighted by Gasteiger charge is 2.60. The van der Waals surface area contributed by atoms with Gasteiger partial charge in [-0.25, -0.2) is 4.79 Å². The van der Waals surface area contributed by atoms with Crippen LogP contribution < -0.4 is 4.90 Å². The average Bonchev–Trinajstić information content (AvgIpc) is 3.08. The van der Waals surface area contributed by atoms with Gasteiger partial charge in [-0.3, -0.25) is 4.90 Å². The zero-order chi connectivity index (χ0) is 24.7. The number of amides is 1. The number of halogens is 7. The standard InChI is InChI=1S/C21H24ClF6N3O3/c22-16-3-1-2-13(17(16)31-11-14-4-5-15(12-31)33-14)10-29-6-8-30(9-7-29)19(32)34-18(20(23,24)25)21(26,27)28/h1-3,14-15,18H,4-12H2. The number of para-hydroxylation sites is 1. The van der Waals surface area contributed by atoms with Crippen LogP contribution in [0, 0.1) is 0 Å². The Kier molecular flexibility index (Phi) is 7.12. The summed E-state index contributed by atoms with van der Waals surface area (Å²) in [6.07, 6.45) is -14.9. The van der Waals surface area contributed by atoms with Crippen molar-refractivity contribution < 1.29 is 40.6 Å². The number of hydrogen-bond donors (Lipinski definition) is 0. The van der Waals surface area contributed by atoms with E-state index in [9.17, 15) is 31.1 Å². The minimum Gasteiger partial charge on any atom is -0.426 e. The van der Waals surface area contributed by atoms with Crippen LogP contribution in [0.3, 0.4) is 0 Å². The number of hydrogen-bond acceptors (Lipinski definition) is 5. The van der Waals surface area contributed by atoms with Gasteiger partial charge in [0, 0.05) is 45.8 Å². The number of nitrogens with zero attached hydrogens (tertiary/aromatic N) is 3. The number of ether oxygens (including phenoxy) is 2. The van der Waals surface area contributed by atoms with Crippen molar-refractivity contribution in [3.63, 3.8) is 0 Å². The van der Waals surface area contributed by atoms with Crippen molar-refractivity contribution in [1.82, 2.24) is 9.80 Å². The number of piperazine rings is 1. The third-order valence-electron chi connectivity index (χ3n) is 6.27. The Morgan fingerprint density at radius 2 is 1.62 bits per heavy atom. The molecule has 1 aromatic rings. The SMILES string of the molecule is O=C(OC(C(F)(F)F)C(F)(F)F)N1CCN(Cc2cccc(Cl)c2N2CC3CCC(C2)O3)CC1. The van der Waals surface area contributed by atoms with Gasteiger partial charge in [-0.2, -0.15) is 26.3 Å². The van der Waals surface area contributed by atoms with Crippen molar-refractivity contribution in [3.05, 3.63) is 28.8 Å². The summed E-state index contributed by atoms with van der Waals surface area (Å²) in [6.45, 7) is 2.34. The molecule has 4 rings (SSSR count). The largest absolute Gasteiger partial charge is 0.434 e. The molecular weight excluding hydrogens is 492 g/mol. The van der Waals surface area contributed by atoms with E-state index in [4.69, 9.17) is 16.3 Å². The van der Waals surface area contributed by atoms with E-state index >= 15 is 0 Å². The summed E-state index contributed by atoms with van der Waals surface area (Å²) in [4.78, 5) is 17.0. The van der Waals surface area contributed by atoms with E-state index in [1.807, 2.05) is 23.1 Å². The van der Waals surface area contributed by atoms with Crippen molar-refractivity contribution in [2.45, 2.75) is 50.1 Å². The first-order valence-electron chi connectivity index (χ1n) is 10.9. The molecule has 1 aromatic carbocycles. The molecule has 6 nitrogen and oxygen atoms in total. The van der Waals surface area contributed by atoms with Crippen LogP contribution in [-0.4, -0.2) is 85.8 Å². The molecule has 34 heavy (non-hydrogen) atoms. The van der Waals surface area contributed by atoms with Gasteiger partial charge in [-0.1, -0.05) is 23.7 Å². The van der Waals surface area contributed by atoms with Crippen molar-refractivity contribution in [2.24, 2.45) is 0 Å². The normalized spacial score (nSPS) is 24.1. The molecule has 0 radical (unpaired) electrons. The fraction of sp³-hybridized carbons (Fsp3) is 0.667. The minimum absolute atomic E-state index is 0.0567. The number of carbonyl (C=O) groups is 1. The van der Waals surface area contributed by atoms with Gasteiger partial charge in [-0.15, -0.1) is 0 Å². The molecule has 13 heteroatoms. The van der Waals surface area contributed by atoms with E-state index in [0.717, 1.165) is 42.1 Å². The molecule has 3 fully saturated rings. The molecule has 0 saturated carbocycles. The highest BCUT2D eigenvalue weighted by molar-refractivity contribution is 6.33. The molecule has 3 aliphatic rings. The molecule has 0 aliphatic carbocycles. The second kappa shape index (κ2) is 9.62. The second-order valence-corrected chi connectivity index (χ2v) is 9.13. The topological polar surface area (TPSA) is 45.2 Å². The maximum Gasteiger partial charge on any atom is 0.434 e. The third-order valence-corrected chi connectivity index (χ3v) is 6.57. The van der Waals surface area contributed by atoms with Crippen LogP contribution in [0.2, 0.25) is 5.02 Å². The van der Waals surface area contributed by atoms with E-state index in [2.05, 4.69) is 9.64 Å². The van der Waals surface area contributed by atoms with Gasteiger partial charge in [0.2, 0.25) is 0 Å². The highest BCUT2D eigenvalue weighted by Crippen LogP contribution is 2.37. The number of morpholine rings is 1. The van der Waals surface area contributed by atoms with Crippen LogP contribution in [0.1, 0.15) is 18.4 Å². The number of rotatable bonds is 4. The summed E-state index contributed by atoms with van der Waals surface area (Å²) in [5.41, 5.74) is 1.86. The van der Waals surface area contributed by atoms with Crippen molar-refractivity contribution in [2.75, 3.05) is 44.2 Å². The van der Waals surface area contributed by atoms with Crippen LogP contribution in [0.25, 0.3) is 0 Å². The van der Waals surface area contributed by atoms with Crippen LogP contribution in [0.5, 0.6) is 0 Å². The molecule has 3 aliphatic heterocycles. The average molecular weight is 516 g/mol. The lowest BCUT2D eigenvalue weighted by Crippen LogP contribution is -2.52. The van der Waals surface area contributed by atoms with Gasteiger partial charge in [0.15, 0.2) is 0 Å². The smallest absolute Gasteiger partial charge is 0.426 e. The van der Waals surface area contributed by atoms with Gasteiger partial charge in [0.25, 0.3) is 6.10 Å². The Hall–Kier alpha value is -1.92.